The molecule has 0 radical (unpaired) electrons. The lowest BCUT2D eigenvalue weighted by Gasteiger charge is -2.10. The van der Waals surface area contributed by atoms with Crippen LogP contribution in [0.25, 0.3) is 0 Å². The van der Waals surface area contributed by atoms with Crippen molar-refractivity contribution < 1.29 is 14.3 Å². The Bertz CT molecular complexity index is 184. The molecule has 0 aliphatic heterocycles. The predicted octanol–water partition coefficient (Wildman–Crippen LogP) is 0.897. The van der Waals surface area contributed by atoms with Gasteiger partial charge in [0.1, 0.15) is 0 Å². The standard InChI is InChI=1S/C7H10O3S/c1-4(8)7(5(2)9)10-6(3)11/h7H,1-3H3. The molecule has 0 N–H and O–H groups in total. The van der Waals surface area contributed by atoms with E-state index in [0.29, 0.717) is 0 Å². The Hall–Kier alpha value is -0.770. The van der Waals surface area contributed by atoms with Crippen LogP contribution in [0, 0.1) is 0 Å². The van der Waals surface area contributed by atoms with E-state index < -0.39 is 6.10 Å². The van der Waals surface area contributed by atoms with E-state index in [2.05, 4.69) is 12.2 Å². The summed E-state index contributed by atoms with van der Waals surface area (Å²) in [6, 6.07) is 0. The van der Waals surface area contributed by atoms with Gasteiger partial charge in [0.05, 0.1) is 0 Å². The average Bonchev–Trinajstić information content (AvgIpc) is 1.81. The van der Waals surface area contributed by atoms with Gasteiger partial charge in [-0.15, -0.1) is 0 Å². The molecule has 3 nitrogen and oxygen atoms in total. The van der Waals surface area contributed by atoms with Crippen molar-refractivity contribution in [1.82, 2.24) is 0 Å². The summed E-state index contributed by atoms with van der Waals surface area (Å²) in [4.78, 5) is 21.4. The quantitative estimate of drug-likeness (QED) is 0.471. The predicted molar refractivity (Wildman–Crippen MR) is 44.5 cm³/mol. The number of rotatable bonds is 3. The smallest absolute Gasteiger partial charge is 0.214 e. The molecule has 0 heterocycles. The van der Waals surface area contributed by atoms with Crippen molar-refractivity contribution in [3.05, 3.63) is 0 Å². The lowest BCUT2D eigenvalue weighted by molar-refractivity contribution is -0.134. The van der Waals surface area contributed by atoms with Crippen molar-refractivity contribution in [3.63, 3.8) is 0 Å². The molecule has 0 aliphatic rings. The van der Waals surface area contributed by atoms with Gasteiger partial charge in [-0.25, -0.2) is 0 Å². The van der Waals surface area contributed by atoms with Crippen molar-refractivity contribution in [3.8, 4) is 0 Å². The molecule has 0 unspecified atom stereocenters. The summed E-state index contributed by atoms with van der Waals surface area (Å²) in [5.74, 6) is -0.636. The maximum absolute atomic E-state index is 10.7. The van der Waals surface area contributed by atoms with Crippen LogP contribution in [0.5, 0.6) is 0 Å². The minimum Gasteiger partial charge on any atom is -0.469 e. The van der Waals surface area contributed by atoms with E-state index in [0.717, 1.165) is 0 Å². The second-order valence-electron chi connectivity index (χ2n) is 2.21. The van der Waals surface area contributed by atoms with E-state index in [9.17, 15) is 9.59 Å². The molecule has 0 aliphatic carbocycles. The van der Waals surface area contributed by atoms with Gasteiger partial charge in [-0.2, -0.15) is 0 Å². The molecule has 0 saturated carbocycles. The van der Waals surface area contributed by atoms with Crippen LogP contribution >= 0.6 is 12.2 Å². The molecule has 0 fully saturated rings. The number of hydrogen-bond donors (Lipinski definition) is 0. The molecule has 0 spiro atoms. The van der Waals surface area contributed by atoms with Crippen LogP contribution in [0.1, 0.15) is 20.8 Å². The molecule has 62 valence electrons. The summed E-state index contributed by atoms with van der Waals surface area (Å²) >= 11 is 4.58. The van der Waals surface area contributed by atoms with Crippen LogP contribution < -0.4 is 0 Å². The summed E-state index contributed by atoms with van der Waals surface area (Å²) in [6.45, 7) is 4.11. The molecule has 0 amide bonds. The first kappa shape index (κ1) is 10.2. The molecule has 11 heavy (non-hydrogen) atoms. The van der Waals surface area contributed by atoms with Gasteiger partial charge in [0.2, 0.25) is 6.10 Å². The zero-order chi connectivity index (χ0) is 9.02. The number of ether oxygens (including phenoxy) is 1. The molecule has 0 aromatic heterocycles. The van der Waals surface area contributed by atoms with Gasteiger partial charge in [0.25, 0.3) is 0 Å². The number of ketones is 2. The van der Waals surface area contributed by atoms with Crippen LogP contribution in [-0.4, -0.2) is 22.7 Å². The topological polar surface area (TPSA) is 43.4 Å². The summed E-state index contributed by atoms with van der Waals surface area (Å²) in [7, 11) is 0. The summed E-state index contributed by atoms with van der Waals surface area (Å²) < 4.78 is 4.81. The highest BCUT2D eigenvalue weighted by Crippen LogP contribution is 1.97. The van der Waals surface area contributed by atoms with Gasteiger partial charge in [-0.3, -0.25) is 9.59 Å². The van der Waals surface area contributed by atoms with Crippen molar-refractivity contribution in [2.75, 3.05) is 0 Å². The van der Waals surface area contributed by atoms with Crippen LogP contribution in [0.3, 0.4) is 0 Å². The monoisotopic (exact) mass is 174 g/mol. The van der Waals surface area contributed by atoms with Crippen molar-refractivity contribution in [1.29, 1.82) is 0 Å². The molecule has 0 rings (SSSR count). The van der Waals surface area contributed by atoms with E-state index in [1.165, 1.54) is 20.8 Å². The fourth-order valence-electron chi connectivity index (χ4n) is 0.618. The van der Waals surface area contributed by atoms with Gasteiger partial charge in [0, 0.05) is 6.92 Å². The van der Waals surface area contributed by atoms with Crippen LogP contribution in [-0.2, 0) is 14.3 Å². The molecule has 0 bridgehead atoms. The summed E-state index contributed by atoms with van der Waals surface area (Å²) in [5.41, 5.74) is 0. The third kappa shape index (κ3) is 3.83. The zero-order valence-corrected chi connectivity index (χ0v) is 7.53. The Kier molecular flexibility index (Phi) is 3.89. The molecule has 4 heteroatoms. The highest BCUT2D eigenvalue weighted by atomic mass is 32.1. The summed E-state index contributed by atoms with van der Waals surface area (Å²) in [6.07, 6.45) is -1.01. The maximum Gasteiger partial charge on any atom is 0.214 e. The van der Waals surface area contributed by atoms with Crippen molar-refractivity contribution in [2.24, 2.45) is 0 Å². The third-order valence-electron chi connectivity index (χ3n) is 1.02. The number of carbonyl (C=O) groups excluding carboxylic acids is 2. The number of hydrogen-bond acceptors (Lipinski definition) is 4. The van der Waals surface area contributed by atoms with Crippen LogP contribution in [0.15, 0.2) is 0 Å². The van der Waals surface area contributed by atoms with Crippen molar-refractivity contribution in [2.45, 2.75) is 26.9 Å². The molecular formula is C7H10O3S. The third-order valence-corrected chi connectivity index (χ3v) is 1.12. The lowest BCUT2D eigenvalue weighted by Crippen LogP contribution is -2.30. The Labute approximate surface area is 70.7 Å². The second kappa shape index (κ2) is 4.18. The summed E-state index contributed by atoms with van der Waals surface area (Å²) in [5, 5.41) is 0.209. The SMILES string of the molecule is CC(=O)C(OC(C)=S)C(C)=O. The van der Waals surface area contributed by atoms with Crippen LogP contribution in [0.2, 0.25) is 0 Å². The Morgan fingerprint density at radius 1 is 1.18 bits per heavy atom. The number of carbonyl (C=O) groups is 2. The van der Waals surface area contributed by atoms with E-state index >= 15 is 0 Å². The average molecular weight is 174 g/mol. The minimum absolute atomic E-state index is 0.209. The maximum atomic E-state index is 10.7. The lowest BCUT2D eigenvalue weighted by atomic mass is 10.2. The van der Waals surface area contributed by atoms with E-state index in [-0.39, 0.29) is 16.6 Å². The molecule has 0 aromatic rings. The fraction of sp³-hybridized carbons (Fsp3) is 0.571. The fourth-order valence-corrected chi connectivity index (χ4v) is 0.714. The Morgan fingerprint density at radius 3 is 1.64 bits per heavy atom. The van der Waals surface area contributed by atoms with Gasteiger partial charge < -0.3 is 4.74 Å². The zero-order valence-electron chi connectivity index (χ0n) is 6.71. The number of thiocarbonyl (C=S) groups is 1. The Morgan fingerprint density at radius 2 is 1.55 bits per heavy atom. The normalized spacial score (nSPS) is 9.45. The van der Waals surface area contributed by atoms with E-state index in [1.54, 1.807) is 0 Å². The highest BCUT2D eigenvalue weighted by molar-refractivity contribution is 7.80. The second-order valence-corrected chi connectivity index (χ2v) is 2.79. The van der Waals surface area contributed by atoms with Gasteiger partial charge in [-0.05, 0) is 26.1 Å². The molecule has 0 aromatic carbocycles. The number of Topliss-reactive ketones (excluding diaryl/α,β-unsaturated/α-hetero) is 2. The van der Waals surface area contributed by atoms with Crippen molar-refractivity contribution >= 4 is 28.8 Å². The van der Waals surface area contributed by atoms with E-state index in [1.807, 2.05) is 0 Å². The largest absolute Gasteiger partial charge is 0.469 e. The van der Waals surface area contributed by atoms with Gasteiger partial charge >= 0.3 is 0 Å². The molecular weight excluding hydrogens is 164 g/mol. The molecule has 0 saturated heterocycles. The van der Waals surface area contributed by atoms with Gasteiger partial charge in [-0.1, -0.05) is 0 Å². The van der Waals surface area contributed by atoms with E-state index in [4.69, 9.17) is 4.74 Å². The Balaban J connectivity index is 4.23. The highest BCUT2D eigenvalue weighted by Gasteiger charge is 2.20. The van der Waals surface area contributed by atoms with Gasteiger partial charge in [0.15, 0.2) is 16.6 Å². The first-order valence-corrected chi connectivity index (χ1v) is 3.54. The molecule has 0 atom stereocenters. The first-order valence-electron chi connectivity index (χ1n) is 3.13. The first-order chi connectivity index (χ1) is 4.95. The minimum atomic E-state index is -1.01. The van der Waals surface area contributed by atoms with Crippen LogP contribution in [0.4, 0.5) is 0 Å².